The lowest BCUT2D eigenvalue weighted by Crippen LogP contribution is -2.22. The minimum atomic E-state index is 0.642. The SMILES string of the molecule is C[C@H]1CO[C@H]2CCCC[C@H]21. The van der Waals surface area contributed by atoms with E-state index in [1.165, 1.54) is 25.7 Å². The molecule has 10 heavy (non-hydrogen) atoms. The Hall–Kier alpha value is -0.0400. The van der Waals surface area contributed by atoms with Gasteiger partial charge in [0.25, 0.3) is 0 Å². The highest BCUT2D eigenvalue weighted by molar-refractivity contribution is 4.84. The van der Waals surface area contributed by atoms with Crippen LogP contribution in [0.15, 0.2) is 0 Å². The molecule has 1 heteroatoms. The van der Waals surface area contributed by atoms with Crippen LogP contribution in [0.5, 0.6) is 0 Å². The topological polar surface area (TPSA) is 9.23 Å². The second-order valence-electron chi connectivity index (χ2n) is 3.80. The lowest BCUT2D eigenvalue weighted by molar-refractivity contribution is 0.0663. The molecule has 0 aromatic carbocycles. The van der Waals surface area contributed by atoms with Crippen molar-refractivity contribution in [2.24, 2.45) is 11.8 Å². The molecule has 0 unspecified atom stereocenters. The molecule has 0 aromatic rings. The maximum Gasteiger partial charge on any atom is 0.0606 e. The molecule has 1 nitrogen and oxygen atoms in total. The summed E-state index contributed by atoms with van der Waals surface area (Å²) in [5, 5.41) is 0. The van der Waals surface area contributed by atoms with Crippen molar-refractivity contribution in [2.75, 3.05) is 6.61 Å². The van der Waals surface area contributed by atoms with Crippen molar-refractivity contribution in [1.82, 2.24) is 0 Å². The molecule has 1 aliphatic carbocycles. The van der Waals surface area contributed by atoms with Gasteiger partial charge in [-0.15, -0.1) is 0 Å². The third-order valence-corrected chi connectivity index (χ3v) is 3.06. The van der Waals surface area contributed by atoms with E-state index in [4.69, 9.17) is 4.74 Å². The molecule has 0 spiro atoms. The molecule has 1 aliphatic heterocycles. The zero-order chi connectivity index (χ0) is 6.97. The Morgan fingerprint density at radius 1 is 1.20 bits per heavy atom. The Labute approximate surface area is 62.8 Å². The predicted octanol–water partition coefficient (Wildman–Crippen LogP) is 2.21. The fraction of sp³-hybridized carbons (Fsp3) is 1.00. The molecule has 2 aliphatic rings. The Morgan fingerprint density at radius 3 is 2.80 bits per heavy atom. The van der Waals surface area contributed by atoms with Crippen LogP contribution in [0.2, 0.25) is 0 Å². The fourth-order valence-electron chi connectivity index (χ4n) is 2.38. The molecule has 0 bridgehead atoms. The summed E-state index contributed by atoms with van der Waals surface area (Å²) in [5.41, 5.74) is 0. The standard InChI is InChI=1S/C9H16O/c1-7-6-10-9-5-3-2-4-8(7)9/h7-9H,2-6H2,1H3/t7-,8-,9-/m0/s1. The summed E-state index contributed by atoms with van der Waals surface area (Å²) in [6, 6.07) is 0. The third kappa shape index (κ3) is 0.968. The lowest BCUT2D eigenvalue weighted by atomic mass is 9.81. The van der Waals surface area contributed by atoms with Crippen LogP contribution in [0.3, 0.4) is 0 Å². The molecule has 58 valence electrons. The summed E-state index contributed by atoms with van der Waals surface area (Å²) in [4.78, 5) is 0. The zero-order valence-corrected chi connectivity index (χ0v) is 6.68. The summed E-state index contributed by atoms with van der Waals surface area (Å²) in [7, 11) is 0. The maximum absolute atomic E-state index is 5.67. The first-order valence-corrected chi connectivity index (χ1v) is 4.49. The molecule has 0 N–H and O–H groups in total. The fourth-order valence-corrected chi connectivity index (χ4v) is 2.38. The van der Waals surface area contributed by atoms with Crippen molar-refractivity contribution in [3.63, 3.8) is 0 Å². The first-order valence-electron chi connectivity index (χ1n) is 4.49. The van der Waals surface area contributed by atoms with Crippen LogP contribution in [0.4, 0.5) is 0 Å². The van der Waals surface area contributed by atoms with Crippen molar-refractivity contribution >= 4 is 0 Å². The molecule has 1 saturated heterocycles. The Balaban J connectivity index is 2.01. The molecule has 2 rings (SSSR count). The van der Waals surface area contributed by atoms with E-state index in [9.17, 15) is 0 Å². The second kappa shape index (κ2) is 2.54. The van der Waals surface area contributed by atoms with Crippen molar-refractivity contribution in [2.45, 2.75) is 38.7 Å². The summed E-state index contributed by atoms with van der Waals surface area (Å²) in [6.45, 7) is 3.35. The molecule has 1 heterocycles. The van der Waals surface area contributed by atoms with Crippen LogP contribution in [0, 0.1) is 11.8 Å². The lowest BCUT2D eigenvalue weighted by Gasteiger charge is -2.25. The van der Waals surface area contributed by atoms with E-state index in [-0.39, 0.29) is 0 Å². The van der Waals surface area contributed by atoms with Gasteiger partial charge < -0.3 is 4.74 Å². The minimum absolute atomic E-state index is 0.642. The molecule has 2 fully saturated rings. The van der Waals surface area contributed by atoms with Gasteiger partial charge in [0.1, 0.15) is 0 Å². The summed E-state index contributed by atoms with van der Waals surface area (Å²) in [5.74, 6) is 1.75. The summed E-state index contributed by atoms with van der Waals surface area (Å²) >= 11 is 0. The van der Waals surface area contributed by atoms with Crippen molar-refractivity contribution < 1.29 is 4.74 Å². The number of ether oxygens (including phenoxy) is 1. The highest BCUT2D eigenvalue weighted by Gasteiger charge is 2.35. The van der Waals surface area contributed by atoms with Crippen LogP contribution in [-0.2, 0) is 4.74 Å². The van der Waals surface area contributed by atoms with Crippen molar-refractivity contribution in [3.8, 4) is 0 Å². The van der Waals surface area contributed by atoms with E-state index >= 15 is 0 Å². The normalized spacial score (nSPS) is 47.1. The van der Waals surface area contributed by atoms with E-state index in [1.54, 1.807) is 0 Å². The van der Waals surface area contributed by atoms with E-state index in [0.29, 0.717) is 6.10 Å². The second-order valence-corrected chi connectivity index (χ2v) is 3.80. The van der Waals surface area contributed by atoms with Gasteiger partial charge >= 0.3 is 0 Å². The van der Waals surface area contributed by atoms with E-state index in [1.807, 2.05) is 0 Å². The number of hydrogen-bond donors (Lipinski definition) is 0. The molecule has 0 aromatic heterocycles. The summed E-state index contributed by atoms with van der Waals surface area (Å²) < 4.78 is 5.67. The van der Waals surface area contributed by atoms with E-state index in [0.717, 1.165) is 18.4 Å². The number of hydrogen-bond acceptors (Lipinski definition) is 1. The number of fused-ring (bicyclic) bond motifs is 1. The first-order chi connectivity index (χ1) is 4.88. The van der Waals surface area contributed by atoms with Crippen LogP contribution in [0.1, 0.15) is 32.6 Å². The molecule has 1 saturated carbocycles. The van der Waals surface area contributed by atoms with Gasteiger partial charge in [-0.2, -0.15) is 0 Å². The van der Waals surface area contributed by atoms with Crippen LogP contribution in [0.25, 0.3) is 0 Å². The van der Waals surface area contributed by atoms with Gasteiger partial charge in [0.2, 0.25) is 0 Å². The Kier molecular flexibility index (Phi) is 1.69. The van der Waals surface area contributed by atoms with E-state index < -0.39 is 0 Å². The molecule has 3 atom stereocenters. The molecule has 0 amide bonds. The van der Waals surface area contributed by atoms with Crippen molar-refractivity contribution in [1.29, 1.82) is 0 Å². The van der Waals surface area contributed by atoms with Crippen molar-refractivity contribution in [3.05, 3.63) is 0 Å². The third-order valence-electron chi connectivity index (χ3n) is 3.06. The van der Waals surface area contributed by atoms with Gasteiger partial charge in [-0.1, -0.05) is 19.8 Å². The predicted molar refractivity (Wildman–Crippen MR) is 40.9 cm³/mol. The first kappa shape index (κ1) is 6.66. The van der Waals surface area contributed by atoms with Gasteiger partial charge in [-0.05, 0) is 24.7 Å². The maximum atomic E-state index is 5.67. The van der Waals surface area contributed by atoms with Crippen LogP contribution in [-0.4, -0.2) is 12.7 Å². The Morgan fingerprint density at radius 2 is 2.00 bits per heavy atom. The van der Waals surface area contributed by atoms with Gasteiger partial charge in [-0.3, -0.25) is 0 Å². The van der Waals surface area contributed by atoms with Gasteiger partial charge in [0, 0.05) is 6.61 Å². The average Bonchev–Trinajstić information content (AvgIpc) is 2.34. The minimum Gasteiger partial charge on any atom is -0.378 e. The smallest absolute Gasteiger partial charge is 0.0606 e. The Bertz CT molecular complexity index is 120. The number of rotatable bonds is 0. The quantitative estimate of drug-likeness (QED) is 0.501. The highest BCUT2D eigenvalue weighted by Crippen LogP contribution is 2.37. The molecular weight excluding hydrogens is 124 g/mol. The molecule has 0 radical (unpaired) electrons. The van der Waals surface area contributed by atoms with Crippen LogP contribution < -0.4 is 0 Å². The van der Waals surface area contributed by atoms with Crippen LogP contribution >= 0.6 is 0 Å². The monoisotopic (exact) mass is 140 g/mol. The van der Waals surface area contributed by atoms with Gasteiger partial charge in [0.05, 0.1) is 6.10 Å². The largest absolute Gasteiger partial charge is 0.378 e. The van der Waals surface area contributed by atoms with Gasteiger partial charge in [-0.25, -0.2) is 0 Å². The highest BCUT2D eigenvalue weighted by atomic mass is 16.5. The summed E-state index contributed by atoms with van der Waals surface area (Å²) in [6.07, 6.45) is 6.23. The van der Waals surface area contributed by atoms with Gasteiger partial charge in [0.15, 0.2) is 0 Å². The molecular formula is C9H16O. The average molecular weight is 140 g/mol. The van der Waals surface area contributed by atoms with E-state index in [2.05, 4.69) is 6.92 Å². The zero-order valence-electron chi connectivity index (χ0n) is 6.68.